The van der Waals surface area contributed by atoms with Crippen molar-refractivity contribution in [1.29, 1.82) is 0 Å². The minimum atomic E-state index is 0.309. The van der Waals surface area contributed by atoms with E-state index in [0.29, 0.717) is 24.2 Å². The van der Waals surface area contributed by atoms with Crippen molar-refractivity contribution in [3.05, 3.63) is 0 Å². The van der Waals surface area contributed by atoms with Crippen LogP contribution >= 0.6 is 0 Å². The highest BCUT2D eigenvalue weighted by atomic mass is 16.5. The Balaban J connectivity index is 1.89. The summed E-state index contributed by atoms with van der Waals surface area (Å²) >= 11 is 0. The highest BCUT2D eigenvalue weighted by Gasteiger charge is 2.36. The van der Waals surface area contributed by atoms with Crippen molar-refractivity contribution in [2.75, 3.05) is 6.54 Å². The molecule has 0 saturated carbocycles. The van der Waals surface area contributed by atoms with Gasteiger partial charge in [0.05, 0.1) is 12.2 Å². The van der Waals surface area contributed by atoms with E-state index in [4.69, 9.17) is 4.74 Å². The summed E-state index contributed by atoms with van der Waals surface area (Å²) in [6.07, 6.45) is 4.53. The van der Waals surface area contributed by atoms with E-state index in [-0.39, 0.29) is 0 Å². The molecule has 14 heavy (non-hydrogen) atoms. The van der Waals surface area contributed by atoms with Gasteiger partial charge >= 0.3 is 0 Å². The van der Waals surface area contributed by atoms with Gasteiger partial charge in [-0.15, -0.1) is 0 Å². The summed E-state index contributed by atoms with van der Waals surface area (Å²) in [7, 11) is 0. The highest BCUT2D eigenvalue weighted by Crippen LogP contribution is 2.29. The van der Waals surface area contributed by atoms with Gasteiger partial charge in [0.2, 0.25) is 5.91 Å². The van der Waals surface area contributed by atoms with E-state index in [1.807, 2.05) is 4.90 Å². The maximum absolute atomic E-state index is 11.4. The lowest BCUT2D eigenvalue weighted by molar-refractivity contribution is -0.132. The van der Waals surface area contributed by atoms with Gasteiger partial charge in [-0.25, -0.2) is 0 Å². The maximum Gasteiger partial charge on any atom is 0.222 e. The predicted molar refractivity (Wildman–Crippen MR) is 54.0 cm³/mol. The molecule has 3 nitrogen and oxygen atoms in total. The number of hydrogen-bond donors (Lipinski definition) is 0. The fraction of sp³-hybridized carbons (Fsp3) is 0.909. The van der Waals surface area contributed by atoms with Crippen LogP contribution in [0.1, 0.15) is 39.5 Å². The topological polar surface area (TPSA) is 29.5 Å². The number of hydrogen-bond acceptors (Lipinski definition) is 2. The summed E-state index contributed by atoms with van der Waals surface area (Å²) in [5.74, 6) is 0.345. The molecule has 80 valence electrons. The van der Waals surface area contributed by atoms with E-state index < -0.39 is 0 Å². The monoisotopic (exact) mass is 197 g/mol. The Kier molecular flexibility index (Phi) is 2.77. The second-order valence-corrected chi connectivity index (χ2v) is 4.61. The second kappa shape index (κ2) is 3.89. The van der Waals surface area contributed by atoms with Gasteiger partial charge in [0.25, 0.3) is 0 Å². The van der Waals surface area contributed by atoms with Crippen LogP contribution in [0.2, 0.25) is 0 Å². The highest BCUT2D eigenvalue weighted by molar-refractivity contribution is 5.78. The summed E-state index contributed by atoms with van der Waals surface area (Å²) in [6.45, 7) is 5.05. The minimum absolute atomic E-state index is 0.309. The summed E-state index contributed by atoms with van der Waals surface area (Å²) in [5, 5.41) is 0. The zero-order chi connectivity index (χ0) is 10.1. The van der Waals surface area contributed by atoms with Crippen molar-refractivity contribution < 1.29 is 9.53 Å². The Hall–Kier alpha value is -0.570. The molecular weight excluding hydrogens is 178 g/mol. The van der Waals surface area contributed by atoms with Gasteiger partial charge < -0.3 is 9.64 Å². The summed E-state index contributed by atoms with van der Waals surface area (Å²) in [5.41, 5.74) is 0. The molecule has 2 rings (SSSR count). The fourth-order valence-electron chi connectivity index (χ4n) is 2.56. The molecule has 2 heterocycles. The first kappa shape index (κ1) is 9.97. The number of carbonyl (C=O) groups is 1. The van der Waals surface area contributed by atoms with Crippen LogP contribution in [0.3, 0.4) is 0 Å². The summed E-state index contributed by atoms with van der Waals surface area (Å²) in [6, 6.07) is 0.472. The second-order valence-electron chi connectivity index (χ2n) is 4.61. The maximum atomic E-state index is 11.4. The molecule has 0 aromatic rings. The predicted octanol–water partition coefficient (Wildman–Crippen LogP) is 1.56. The molecule has 0 aromatic heterocycles. The summed E-state index contributed by atoms with van der Waals surface area (Å²) < 4.78 is 5.80. The Morgan fingerprint density at radius 2 is 2.21 bits per heavy atom. The van der Waals surface area contributed by atoms with Gasteiger partial charge in [0.15, 0.2) is 0 Å². The lowest BCUT2D eigenvalue weighted by atomic mass is 10.00. The van der Waals surface area contributed by atoms with Crippen LogP contribution in [0.4, 0.5) is 0 Å². The standard InChI is InChI=1S/C11H19NO2/c1-8(2)14-10-5-6-12-9(7-10)3-4-11(12)13/h8-10H,3-7H2,1-2H3/t9-,10-/m0/s1. The van der Waals surface area contributed by atoms with Gasteiger partial charge in [0, 0.05) is 19.0 Å². The van der Waals surface area contributed by atoms with Crippen molar-refractivity contribution >= 4 is 5.91 Å². The molecule has 0 aromatic carbocycles. The molecule has 2 saturated heterocycles. The SMILES string of the molecule is CC(C)O[C@H]1CCN2C(=O)CC[C@H]2C1. The lowest BCUT2D eigenvalue weighted by Gasteiger charge is -2.35. The van der Waals surface area contributed by atoms with Crippen molar-refractivity contribution in [3.63, 3.8) is 0 Å². The van der Waals surface area contributed by atoms with Crippen LogP contribution < -0.4 is 0 Å². The Morgan fingerprint density at radius 3 is 2.93 bits per heavy atom. The average molecular weight is 197 g/mol. The van der Waals surface area contributed by atoms with Crippen molar-refractivity contribution in [3.8, 4) is 0 Å². The fourth-order valence-corrected chi connectivity index (χ4v) is 2.56. The molecule has 2 fully saturated rings. The van der Waals surface area contributed by atoms with Gasteiger partial charge in [-0.1, -0.05) is 0 Å². The summed E-state index contributed by atoms with van der Waals surface area (Å²) in [4.78, 5) is 13.5. The minimum Gasteiger partial charge on any atom is -0.375 e. The van der Waals surface area contributed by atoms with Gasteiger partial charge in [-0.05, 0) is 33.1 Å². The molecule has 0 unspecified atom stereocenters. The Labute approximate surface area is 85.4 Å². The quantitative estimate of drug-likeness (QED) is 0.672. The molecule has 2 atom stereocenters. The number of nitrogens with zero attached hydrogens (tertiary/aromatic N) is 1. The molecule has 0 aliphatic carbocycles. The van der Waals surface area contributed by atoms with Gasteiger partial charge in [-0.3, -0.25) is 4.79 Å². The third-order valence-corrected chi connectivity index (χ3v) is 3.14. The molecule has 0 N–H and O–H groups in total. The number of carbonyl (C=O) groups excluding carboxylic acids is 1. The van der Waals surface area contributed by atoms with E-state index in [1.54, 1.807) is 0 Å². The number of fused-ring (bicyclic) bond motifs is 1. The first-order valence-corrected chi connectivity index (χ1v) is 5.61. The van der Waals surface area contributed by atoms with Crippen molar-refractivity contribution in [1.82, 2.24) is 4.90 Å². The number of piperidine rings is 1. The van der Waals surface area contributed by atoms with Crippen LogP contribution in [-0.2, 0) is 9.53 Å². The van der Waals surface area contributed by atoms with Crippen LogP contribution in [0.25, 0.3) is 0 Å². The van der Waals surface area contributed by atoms with Crippen molar-refractivity contribution in [2.24, 2.45) is 0 Å². The molecule has 0 spiro atoms. The van der Waals surface area contributed by atoms with E-state index in [1.165, 1.54) is 0 Å². The molecule has 3 heteroatoms. The van der Waals surface area contributed by atoms with E-state index in [9.17, 15) is 4.79 Å². The van der Waals surface area contributed by atoms with E-state index in [2.05, 4.69) is 13.8 Å². The van der Waals surface area contributed by atoms with Crippen LogP contribution in [0.15, 0.2) is 0 Å². The number of rotatable bonds is 2. The Bertz CT molecular complexity index is 227. The zero-order valence-corrected chi connectivity index (χ0v) is 9.03. The van der Waals surface area contributed by atoms with Gasteiger partial charge in [-0.2, -0.15) is 0 Å². The number of amides is 1. The van der Waals surface area contributed by atoms with Crippen LogP contribution in [0.5, 0.6) is 0 Å². The van der Waals surface area contributed by atoms with E-state index >= 15 is 0 Å². The first-order chi connectivity index (χ1) is 6.66. The van der Waals surface area contributed by atoms with Gasteiger partial charge in [0.1, 0.15) is 0 Å². The molecule has 1 amide bonds. The average Bonchev–Trinajstić information content (AvgIpc) is 2.46. The zero-order valence-electron chi connectivity index (χ0n) is 9.03. The lowest BCUT2D eigenvalue weighted by Crippen LogP contribution is -2.43. The largest absolute Gasteiger partial charge is 0.375 e. The van der Waals surface area contributed by atoms with Crippen molar-refractivity contribution in [2.45, 2.75) is 57.8 Å². The smallest absolute Gasteiger partial charge is 0.222 e. The molecule has 2 aliphatic heterocycles. The Morgan fingerprint density at radius 1 is 1.43 bits per heavy atom. The molecular formula is C11H19NO2. The molecule has 0 radical (unpaired) electrons. The first-order valence-electron chi connectivity index (χ1n) is 5.61. The third kappa shape index (κ3) is 1.92. The molecule has 0 bridgehead atoms. The molecule has 2 aliphatic rings. The van der Waals surface area contributed by atoms with E-state index in [0.717, 1.165) is 32.2 Å². The van der Waals surface area contributed by atoms with Crippen LogP contribution in [-0.4, -0.2) is 35.6 Å². The normalized spacial score (nSPS) is 32.5. The van der Waals surface area contributed by atoms with Crippen LogP contribution in [0, 0.1) is 0 Å². The number of ether oxygens (including phenoxy) is 1. The third-order valence-electron chi connectivity index (χ3n) is 3.14.